The largest absolute Gasteiger partial charge is 0.534 e. The number of carbonyl (C=O) groups is 1. The Morgan fingerprint density at radius 1 is 0.986 bits per heavy atom. The fraction of sp³-hybridized carbons (Fsp3) is 0.592. The van der Waals surface area contributed by atoms with Crippen molar-refractivity contribution < 1.29 is 62.3 Å². The zero-order valence-electron chi connectivity index (χ0n) is 41.1. The highest BCUT2D eigenvalue weighted by Gasteiger charge is 2.60. The maximum absolute atomic E-state index is 18.2. The molecule has 7 heterocycles. The van der Waals surface area contributed by atoms with Crippen molar-refractivity contribution >= 4 is 51.8 Å². The van der Waals surface area contributed by atoms with E-state index in [-0.39, 0.29) is 63.2 Å². The molecule has 0 saturated carbocycles. The van der Waals surface area contributed by atoms with Crippen LogP contribution in [0.15, 0.2) is 24.3 Å². The number of hydrogen-bond acceptors (Lipinski definition) is 12. The molecule has 5 aliphatic rings. The SMILES string of the molecule is CC(C)[Si](C#Cc1c(F)ccc2cc(OS(=O)(=O)C(F)(F)F)cc(-c3nc4c5c(nc(OC[C@]67CCN6CC(F)(F)C7)nc5c3F)N3C[C@H]5CC[C@@H]([C@H]3[C@H](C)O4)N5C(=O)OC(C)(C)C)c12)(C(C)C)C(C)C. The van der Waals surface area contributed by atoms with Gasteiger partial charge in [-0.1, -0.05) is 53.5 Å². The number of ether oxygens (including phenoxy) is 3. The highest BCUT2D eigenvalue weighted by atomic mass is 32.2. The molecule has 2 aromatic carbocycles. The molecule has 0 spiro atoms. The van der Waals surface area contributed by atoms with Crippen molar-refractivity contribution in [3.8, 4) is 40.4 Å². The van der Waals surface area contributed by atoms with E-state index in [1.54, 1.807) is 37.5 Å². The number of halogens is 7. The molecule has 2 bridgehead atoms. The Hall–Kier alpha value is -5.14. The maximum atomic E-state index is 18.2. The topological polar surface area (TPSA) is 137 Å². The van der Waals surface area contributed by atoms with Gasteiger partial charge >= 0.3 is 27.7 Å². The smallest absolute Gasteiger partial charge is 0.472 e. The van der Waals surface area contributed by atoms with Crippen LogP contribution in [0.1, 0.15) is 100 Å². The number of piperazine rings is 1. The van der Waals surface area contributed by atoms with E-state index in [0.29, 0.717) is 25.8 Å². The highest BCUT2D eigenvalue weighted by Crippen LogP contribution is 2.50. The number of hydrogen-bond donors (Lipinski definition) is 0. The van der Waals surface area contributed by atoms with Crippen LogP contribution < -0.4 is 18.6 Å². The van der Waals surface area contributed by atoms with Crippen LogP contribution in [0.3, 0.4) is 0 Å². The van der Waals surface area contributed by atoms with Gasteiger partial charge in [0.25, 0.3) is 5.92 Å². The number of aromatic nitrogens is 3. The molecule has 0 unspecified atom stereocenters. The number of benzene rings is 2. The first-order valence-electron chi connectivity index (χ1n) is 23.9. The first kappa shape index (κ1) is 50.8. The first-order valence-corrected chi connectivity index (χ1v) is 27.5. The molecule has 5 atom stereocenters. The lowest BCUT2D eigenvalue weighted by Gasteiger charge is -2.48. The summed E-state index contributed by atoms with van der Waals surface area (Å²) in [7, 11) is -8.91. The molecule has 1 amide bonds. The summed E-state index contributed by atoms with van der Waals surface area (Å²) >= 11 is 0. The molecular formula is C49H57F7N6O7SSi. The highest BCUT2D eigenvalue weighted by molar-refractivity contribution is 7.88. The molecule has 0 aliphatic carbocycles. The number of fused-ring (bicyclic) bond motifs is 7. The minimum Gasteiger partial charge on any atom is -0.472 e. The van der Waals surface area contributed by atoms with Crippen molar-refractivity contribution in [3.63, 3.8) is 0 Å². The van der Waals surface area contributed by atoms with Crippen molar-refractivity contribution in [2.24, 2.45) is 0 Å². The number of nitrogens with zero attached hydrogens (tertiary/aromatic N) is 6. The third-order valence-electron chi connectivity index (χ3n) is 15.1. The molecule has 2 aromatic heterocycles. The third kappa shape index (κ3) is 8.58. The predicted octanol–water partition coefficient (Wildman–Crippen LogP) is 10.5. The van der Waals surface area contributed by atoms with Gasteiger partial charge in [0.15, 0.2) is 5.82 Å². The maximum Gasteiger partial charge on any atom is 0.534 e. The Balaban J connectivity index is 1.29. The van der Waals surface area contributed by atoms with Gasteiger partial charge in [-0.2, -0.15) is 31.6 Å². The summed E-state index contributed by atoms with van der Waals surface area (Å²) in [4.78, 5) is 33.0. The number of alkyl halides is 5. The zero-order chi connectivity index (χ0) is 51.7. The summed E-state index contributed by atoms with van der Waals surface area (Å²) in [6.07, 6.45) is -0.367. The van der Waals surface area contributed by atoms with E-state index in [1.165, 1.54) is 6.07 Å². The second kappa shape index (κ2) is 17.2. The quantitative estimate of drug-likeness (QED) is 0.0519. The lowest BCUT2D eigenvalue weighted by Crippen LogP contribution is -2.65. The number of rotatable bonds is 9. The minimum atomic E-state index is -6.29. The van der Waals surface area contributed by atoms with E-state index in [9.17, 15) is 35.2 Å². The lowest BCUT2D eigenvalue weighted by molar-refractivity contribution is -0.0500. The number of amides is 1. The van der Waals surface area contributed by atoms with Crippen LogP contribution in [-0.4, -0.2) is 120 Å². The summed E-state index contributed by atoms with van der Waals surface area (Å²) < 4.78 is 154. The molecule has 0 N–H and O–H groups in total. The molecule has 5 aliphatic heterocycles. The average Bonchev–Trinajstić information content (AvgIpc) is 3.60. The van der Waals surface area contributed by atoms with Gasteiger partial charge in [0.2, 0.25) is 5.88 Å². The first-order chi connectivity index (χ1) is 33.0. The van der Waals surface area contributed by atoms with Gasteiger partial charge in [-0.15, -0.1) is 5.54 Å². The van der Waals surface area contributed by atoms with Gasteiger partial charge in [-0.3, -0.25) is 9.80 Å². The van der Waals surface area contributed by atoms with Crippen LogP contribution in [0.25, 0.3) is 32.9 Å². The van der Waals surface area contributed by atoms with Crippen molar-refractivity contribution in [3.05, 3.63) is 41.5 Å². The molecule has 4 aromatic rings. The van der Waals surface area contributed by atoms with Crippen LogP contribution in [0.4, 0.5) is 41.3 Å². The lowest BCUT2D eigenvalue weighted by atomic mass is 9.85. The van der Waals surface area contributed by atoms with Crippen molar-refractivity contribution in [1.82, 2.24) is 24.8 Å². The van der Waals surface area contributed by atoms with Gasteiger partial charge < -0.3 is 23.3 Å². The van der Waals surface area contributed by atoms with Gasteiger partial charge in [-0.05, 0) is 87.2 Å². The van der Waals surface area contributed by atoms with Crippen LogP contribution in [0.5, 0.6) is 17.6 Å². The number of anilines is 1. The van der Waals surface area contributed by atoms with Gasteiger partial charge in [0.1, 0.15) is 60.4 Å². The van der Waals surface area contributed by atoms with Gasteiger partial charge in [-0.25, -0.2) is 27.3 Å². The summed E-state index contributed by atoms with van der Waals surface area (Å²) in [6, 6.07) is 2.01. The van der Waals surface area contributed by atoms with Crippen molar-refractivity contribution in [2.45, 2.75) is 158 Å². The fourth-order valence-corrected chi connectivity index (χ4v) is 17.7. The van der Waals surface area contributed by atoms with E-state index in [2.05, 4.69) is 20.6 Å². The number of pyridine rings is 1. The Labute approximate surface area is 408 Å². The summed E-state index contributed by atoms with van der Waals surface area (Å²) in [6.45, 7) is 19.1. The van der Waals surface area contributed by atoms with Gasteiger partial charge in [0, 0.05) is 30.5 Å². The minimum absolute atomic E-state index is 0.0435. The van der Waals surface area contributed by atoms with E-state index in [4.69, 9.17) is 24.2 Å². The summed E-state index contributed by atoms with van der Waals surface area (Å²) in [5.74, 6) is -3.02. The Kier molecular flexibility index (Phi) is 12.3. The molecule has 13 nitrogen and oxygen atoms in total. The standard InChI is InChI=1S/C49H57F7N6O7SSi/c1-25(2)71(26(3)4,27(5)6)18-15-32-34(50)13-11-29-19-31(69-70(64,65)49(54,55)56)20-33(36(29)32)39-38(51)40-37-42(59-44(58-40)66-24-47-16-17-60(47)23-48(52,53)22-47)61-21-30-12-14-35(41(61)28(7)67-43(37)57-39)62(30)45(63)68-46(8,9)10/h11,13,19-20,25-28,30,35,41H,12,14,16-17,21-24H2,1-10H3/t28-,30+,35-,41+,47+/m0/s1. The fourth-order valence-electron chi connectivity index (χ4n) is 12.1. The molecule has 22 heteroatoms. The molecule has 4 fully saturated rings. The van der Waals surface area contributed by atoms with Crippen LogP contribution >= 0.6 is 0 Å². The summed E-state index contributed by atoms with van der Waals surface area (Å²) in [5, 5.41) is -0.223. The molecule has 0 radical (unpaired) electrons. The van der Waals surface area contributed by atoms with Crippen LogP contribution in [0.2, 0.25) is 16.6 Å². The van der Waals surface area contributed by atoms with E-state index in [0.717, 1.165) is 18.2 Å². The molecule has 71 heavy (non-hydrogen) atoms. The van der Waals surface area contributed by atoms with Crippen LogP contribution in [0, 0.1) is 23.1 Å². The number of carbonyl (C=O) groups excluding carboxylic acids is 1. The third-order valence-corrected chi connectivity index (χ3v) is 22.4. The summed E-state index contributed by atoms with van der Waals surface area (Å²) in [5.41, 5.74) is -5.78. The van der Waals surface area contributed by atoms with E-state index in [1.807, 2.05) is 46.4 Å². The van der Waals surface area contributed by atoms with Gasteiger partial charge in [0.05, 0.1) is 35.8 Å². The van der Waals surface area contributed by atoms with Crippen molar-refractivity contribution in [2.75, 3.05) is 31.1 Å². The Morgan fingerprint density at radius 3 is 2.28 bits per heavy atom. The average molecular weight is 1040 g/mol. The van der Waals surface area contributed by atoms with E-state index < -0.39 is 124 Å². The molecule has 9 rings (SSSR count). The second-order valence-electron chi connectivity index (χ2n) is 21.6. The second-order valence-corrected chi connectivity index (χ2v) is 28.7. The Morgan fingerprint density at radius 2 is 1.68 bits per heavy atom. The monoisotopic (exact) mass is 1030 g/mol. The molecular weight excluding hydrogens is 978 g/mol. The molecule has 4 saturated heterocycles. The predicted molar refractivity (Wildman–Crippen MR) is 254 cm³/mol. The zero-order valence-corrected chi connectivity index (χ0v) is 42.9. The van der Waals surface area contributed by atoms with Crippen LogP contribution in [-0.2, 0) is 14.9 Å². The van der Waals surface area contributed by atoms with E-state index >= 15 is 8.78 Å². The molecule has 384 valence electrons. The van der Waals surface area contributed by atoms with Crippen molar-refractivity contribution in [1.29, 1.82) is 0 Å². The normalized spacial score (nSPS) is 24.1. The Bertz CT molecular complexity index is 2990.